The Bertz CT molecular complexity index is 1080. The zero-order chi connectivity index (χ0) is 21.9. The van der Waals surface area contributed by atoms with Crippen molar-refractivity contribution in [2.75, 3.05) is 4.90 Å². The van der Waals surface area contributed by atoms with Gasteiger partial charge >= 0.3 is 5.97 Å². The number of fused-ring (bicyclic) bond motifs is 5. The molecule has 2 amide bonds. The van der Waals surface area contributed by atoms with Crippen LogP contribution in [-0.4, -0.2) is 17.8 Å². The number of ether oxygens (including phenoxy) is 1. The van der Waals surface area contributed by atoms with Gasteiger partial charge in [0, 0.05) is 0 Å². The summed E-state index contributed by atoms with van der Waals surface area (Å²) in [5.74, 6) is -0.606. The molecule has 1 saturated carbocycles. The molecule has 1 saturated heterocycles. The van der Waals surface area contributed by atoms with Crippen molar-refractivity contribution in [1.82, 2.24) is 0 Å². The van der Waals surface area contributed by atoms with E-state index in [0.717, 1.165) is 12.0 Å². The van der Waals surface area contributed by atoms with Gasteiger partial charge in [0.05, 0.1) is 23.1 Å². The Kier molecular flexibility index (Phi) is 4.40. The molecule has 2 aromatic carbocycles. The molecule has 5 nitrogen and oxygen atoms in total. The number of hydrogen-bond donors (Lipinski definition) is 0. The SMILES string of the molecule is CC(C)(C)c1ccc(OC(=O)c2cccc(N3C(=O)[C@@H]4[C@H](C3=O)[C@H]3C=C[C@H]4C3)c2)cc1. The molecule has 2 bridgehead atoms. The van der Waals surface area contributed by atoms with Crippen LogP contribution in [0.1, 0.15) is 43.1 Å². The van der Waals surface area contributed by atoms with Gasteiger partial charge in [-0.3, -0.25) is 9.59 Å². The molecule has 0 spiro atoms. The molecule has 1 aliphatic heterocycles. The quantitative estimate of drug-likeness (QED) is 0.320. The topological polar surface area (TPSA) is 63.7 Å². The normalized spacial score (nSPS) is 26.5. The zero-order valence-corrected chi connectivity index (χ0v) is 17.9. The summed E-state index contributed by atoms with van der Waals surface area (Å²) in [6.07, 6.45) is 5.03. The third-order valence-corrected chi connectivity index (χ3v) is 6.74. The van der Waals surface area contributed by atoms with E-state index in [1.807, 2.05) is 12.1 Å². The van der Waals surface area contributed by atoms with Crippen LogP contribution in [0, 0.1) is 23.7 Å². The number of esters is 1. The second-order valence-corrected chi connectivity index (χ2v) is 9.73. The number of amides is 2. The lowest BCUT2D eigenvalue weighted by Gasteiger charge is -2.19. The van der Waals surface area contributed by atoms with Crippen molar-refractivity contribution >= 4 is 23.5 Å². The largest absolute Gasteiger partial charge is 0.423 e. The van der Waals surface area contributed by atoms with Crippen LogP contribution in [0.5, 0.6) is 5.75 Å². The molecule has 0 radical (unpaired) electrons. The minimum atomic E-state index is -0.522. The van der Waals surface area contributed by atoms with E-state index in [0.29, 0.717) is 17.0 Å². The number of rotatable bonds is 3. The number of benzene rings is 2. The van der Waals surface area contributed by atoms with Crippen molar-refractivity contribution in [2.45, 2.75) is 32.6 Å². The first-order valence-electron chi connectivity index (χ1n) is 10.7. The van der Waals surface area contributed by atoms with Crippen LogP contribution in [0.2, 0.25) is 0 Å². The van der Waals surface area contributed by atoms with Gasteiger partial charge in [-0.05, 0) is 59.6 Å². The van der Waals surface area contributed by atoms with Crippen LogP contribution in [0.15, 0.2) is 60.7 Å². The van der Waals surface area contributed by atoms with E-state index in [4.69, 9.17) is 4.74 Å². The Morgan fingerprint density at radius 1 is 0.935 bits per heavy atom. The van der Waals surface area contributed by atoms with Gasteiger partial charge in [0.2, 0.25) is 11.8 Å². The highest BCUT2D eigenvalue weighted by Crippen LogP contribution is 2.53. The second-order valence-electron chi connectivity index (χ2n) is 9.73. The first-order chi connectivity index (χ1) is 14.7. The third-order valence-electron chi connectivity index (χ3n) is 6.74. The summed E-state index contributed by atoms with van der Waals surface area (Å²) in [6.45, 7) is 6.36. The van der Waals surface area contributed by atoms with Gasteiger partial charge in [-0.15, -0.1) is 0 Å². The number of nitrogens with zero attached hydrogens (tertiary/aromatic N) is 1. The van der Waals surface area contributed by atoms with Gasteiger partial charge in [0.15, 0.2) is 0 Å². The molecule has 0 unspecified atom stereocenters. The average Bonchev–Trinajstić information content (AvgIpc) is 3.41. The van der Waals surface area contributed by atoms with E-state index < -0.39 is 5.97 Å². The molecule has 2 fully saturated rings. The Hall–Kier alpha value is -3.21. The van der Waals surface area contributed by atoms with Gasteiger partial charge in [0.25, 0.3) is 0 Å². The first-order valence-corrected chi connectivity index (χ1v) is 10.7. The number of hydrogen-bond acceptors (Lipinski definition) is 4. The molecule has 3 aliphatic rings. The van der Waals surface area contributed by atoms with Crippen LogP contribution in [-0.2, 0) is 15.0 Å². The number of anilines is 1. The van der Waals surface area contributed by atoms with Gasteiger partial charge in [-0.1, -0.05) is 51.1 Å². The summed E-state index contributed by atoms with van der Waals surface area (Å²) < 4.78 is 5.52. The highest BCUT2D eigenvalue weighted by atomic mass is 16.5. The van der Waals surface area contributed by atoms with E-state index >= 15 is 0 Å². The van der Waals surface area contributed by atoms with E-state index in [1.54, 1.807) is 36.4 Å². The number of carbonyl (C=O) groups is 3. The van der Waals surface area contributed by atoms with Crippen molar-refractivity contribution in [3.05, 3.63) is 71.8 Å². The molecule has 0 aromatic heterocycles. The van der Waals surface area contributed by atoms with E-state index in [2.05, 4.69) is 32.9 Å². The molecule has 1 heterocycles. The fourth-order valence-electron chi connectivity index (χ4n) is 5.12. The van der Waals surface area contributed by atoms with Crippen molar-refractivity contribution < 1.29 is 19.1 Å². The first kappa shape index (κ1) is 19.7. The number of allylic oxidation sites excluding steroid dienone is 2. The molecule has 2 aliphatic carbocycles. The summed E-state index contributed by atoms with van der Waals surface area (Å²) in [6, 6.07) is 14.0. The molecule has 5 rings (SSSR count). The predicted octanol–water partition coefficient (Wildman–Crippen LogP) is 4.51. The number of imide groups is 1. The van der Waals surface area contributed by atoms with Crippen LogP contribution < -0.4 is 9.64 Å². The van der Waals surface area contributed by atoms with E-state index in [9.17, 15) is 14.4 Å². The maximum atomic E-state index is 13.0. The Balaban J connectivity index is 1.35. The van der Waals surface area contributed by atoms with Crippen molar-refractivity contribution in [2.24, 2.45) is 23.7 Å². The monoisotopic (exact) mass is 415 g/mol. The zero-order valence-electron chi connectivity index (χ0n) is 17.9. The fraction of sp³-hybridized carbons (Fsp3) is 0.346. The smallest absolute Gasteiger partial charge is 0.343 e. The summed E-state index contributed by atoms with van der Waals surface area (Å²) in [4.78, 5) is 40.0. The lowest BCUT2D eigenvalue weighted by Crippen LogP contribution is -2.33. The van der Waals surface area contributed by atoms with Crippen molar-refractivity contribution in [3.63, 3.8) is 0 Å². The van der Waals surface area contributed by atoms with Gasteiger partial charge in [0.1, 0.15) is 5.75 Å². The average molecular weight is 415 g/mol. The van der Waals surface area contributed by atoms with Crippen LogP contribution in [0.4, 0.5) is 5.69 Å². The maximum absolute atomic E-state index is 13.0. The van der Waals surface area contributed by atoms with Gasteiger partial charge < -0.3 is 4.74 Å². The summed E-state index contributed by atoms with van der Waals surface area (Å²) >= 11 is 0. The van der Waals surface area contributed by atoms with Gasteiger partial charge in [-0.25, -0.2) is 9.69 Å². The summed E-state index contributed by atoms with van der Waals surface area (Å²) in [5.41, 5.74) is 1.89. The third kappa shape index (κ3) is 3.19. The molecule has 2 aromatic rings. The van der Waals surface area contributed by atoms with Crippen LogP contribution in [0.25, 0.3) is 0 Å². The van der Waals surface area contributed by atoms with Crippen molar-refractivity contribution in [3.8, 4) is 5.75 Å². The molecular formula is C26H25NO4. The lowest BCUT2D eigenvalue weighted by molar-refractivity contribution is -0.123. The van der Waals surface area contributed by atoms with E-state index in [-0.39, 0.29) is 40.9 Å². The molecule has 31 heavy (non-hydrogen) atoms. The van der Waals surface area contributed by atoms with E-state index in [1.165, 1.54) is 4.90 Å². The van der Waals surface area contributed by atoms with Gasteiger partial charge in [-0.2, -0.15) is 0 Å². The Morgan fingerprint density at radius 2 is 1.55 bits per heavy atom. The van der Waals surface area contributed by atoms with Crippen LogP contribution in [0.3, 0.4) is 0 Å². The standard InChI is InChI=1S/C26H25NO4/c1-26(2,3)18-9-11-20(12-10-18)31-25(30)17-5-4-6-19(14-17)27-23(28)21-15-7-8-16(13-15)22(21)24(27)29/h4-12,14-16,21-22H,13H2,1-3H3/t15-,16-,21-,22+/m0/s1. The maximum Gasteiger partial charge on any atom is 0.343 e. The summed E-state index contributed by atoms with van der Waals surface area (Å²) in [5, 5.41) is 0. The fourth-order valence-corrected chi connectivity index (χ4v) is 5.12. The summed E-state index contributed by atoms with van der Waals surface area (Å²) in [7, 11) is 0. The molecule has 0 N–H and O–H groups in total. The molecule has 4 atom stereocenters. The lowest BCUT2D eigenvalue weighted by atomic mass is 9.85. The number of carbonyl (C=O) groups excluding carboxylic acids is 3. The molecular weight excluding hydrogens is 390 g/mol. The van der Waals surface area contributed by atoms with Crippen molar-refractivity contribution in [1.29, 1.82) is 0 Å². The molecule has 5 heteroatoms. The second kappa shape index (κ2) is 6.91. The highest BCUT2D eigenvalue weighted by Gasteiger charge is 2.59. The minimum Gasteiger partial charge on any atom is -0.423 e. The molecule has 158 valence electrons. The Labute approximate surface area is 181 Å². The highest BCUT2D eigenvalue weighted by molar-refractivity contribution is 6.23. The van der Waals surface area contributed by atoms with Crippen LogP contribution >= 0.6 is 0 Å². The minimum absolute atomic E-state index is 0.0129. The predicted molar refractivity (Wildman–Crippen MR) is 117 cm³/mol. The Morgan fingerprint density at radius 3 is 2.13 bits per heavy atom.